The molecule has 2 aliphatic rings. The molecule has 1 saturated heterocycles. The van der Waals surface area contributed by atoms with Crippen LogP contribution in [0.4, 0.5) is 0 Å². The van der Waals surface area contributed by atoms with Gasteiger partial charge < -0.3 is 10.5 Å². The molecule has 0 aromatic rings. The van der Waals surface area contributed by atoms with Crippen LogP contribution in [0.2, 0.25) is 0 Å². The normalized spacial score (nSPS) is 41.2. The molecule has 4 atom stereocenters. The number of rotatable bonds is 2. The van der Waals surface area contributed by atoms with Gasteiger partial charge in [-0.2, -0.15) is 0 Å². The van der Waals surface area contributed by atoms with Gasteiger partial charge >= 0.3 is 0 Å². The molecule has 0 radical (unpaired) electrons. The van der Waals surface area contributed by atoms with E-state index in [1.807, 2.05) is 0 Å². The summed E-state index contributed by atoms with van der Waals surface area (Å²) in [4.78, 5) is 2.50. The van der Waals surface area contributed by atoms with E-state index in [9.17, 15) is 0 Å². The largest absolute Gasteiger partial charge is 0.380 e. The van der Waals surface area contributed by atoms with Crippen LogP contribution in [-0.2, 0) is 4.74 Å². The summed E-state index contributed by atoms with van der Waals surface area (Å²) in [6, 6.07) is 1.46. The van der Waals surface area contributed by atoms with Gasteiger partial charge in [-0.05, 0) is 32.2 Å². The third-order valence-electron chi connectivity index (χ3n) is 4.39. The van der Waals surface area contributed by atoms with Crippen molar-refractivity contribution in [2.24, 2.45) is 11.7 Å². The van der Waals surface area contributed by atoms with E-state index < -0.39 is 0 Å². The van der Waals surface area contributed by atoms with Crippen LogP contribution in [0.5, 0.6) is 0 Å². The van der Waals surface area contributed by atoms with Crippen LogP contribution >= 0.6 is 0 Å². The fraction of sp³-hybridized carbons (Fsp3) is 1.00. The SMILES string of the molecule is CC1CCCC(N(C)C2COCCC2N)C1. The van der Waals surface area contributed by atoms with Gasteiger partial charge in [0, 0.05) is 24.7 Å². The minimum Gasteiger partial charge on any atom is -0.380 e. The Hall–Kier alpha value is -0.120. The van der Waals surface area contributed by atoms with Crippen LogP contribution < -0.4 is 5.73 Å². The zero-order valence-corrected chi connectivity index (χ0v) is 10.7. The fourth-order valence-electron chi connectivity index (χ4n) is 3.20. The average molecular weight is 226 g/mol. The van der Waals surface area contributed by atoms with Crippen molar-refractivity contribution in [3.8, 4) is 0 Å². The van der Waals surface area contributed by atoms with Crippen molar-refractivity contribution >= 4 is 0 Å². The first-order valence-electron chi connectivity index (χ1n) is 6.73. The maximum absolute atomic E-state index is 6.20. The quantitative estimate of drug-likeness (QED) is 0.777. The van der Waals surface area contributed by atoms with Crippen LogP contribution in [0, 0.1) is 5.92 Å². The van der Waals surface area contributed by atoms with E-state index >= 15 is 0 Å². The predicted octanol–water partition coefficient (Wildman–Crippen LogP) is 1.61. The van der Waals surface area contributed by atoms with Gasteiger partial charge in [0.25, 0.3) is 0 Å². The highest BCUT2D eigenvalue weighted by Gasteiger charge is 2.32. The van der Waals surface area contributed by atoms with Gasteiger partial charge in [0.1, 0.15) is 0 Å². The van der Waals surface area contributed by atoms with E-state index in [4.69, 9.17) is 10.5 Å². The monoisotopic (exact) mass is 226 g/mol. The number of hydrogen-bond acceptors (Lipinski definition) is 3. The number of likely N-dealkylation sites (N-methyl/N-ethyl adjacent to an activating group) is 1. The zero-order valence-electron chi connectivity index (χ0n) is 10.7. The van der Waals surface area contributed by atoms with Gasteiger partial charge in [-0.25, -0.2) is 0 Å². The van der Waals surface area contributed by atoms with Crippen LogP contribution in [0.1, 0.15) is 39.0 Å². The zero-order chi connectivity index (χ0) is 11.5. The third kappa shape index (κ3) is 2.76. The van der Waals surface area contributed by atoms with Crippen molar-refractivity contribution in [3.63, 3.8) is 0 Å². The molecule has 1 aliphatic heterocycles. The van der Waals surface area contributed by atoms with Crippen LogP contribution in [0.25, 0.3) is 0 Å². The number of ether oxygens (including phenoxy) is 1. The minimum atomic E-state index is 0.302. The molecule has 0 amide bonds. The molecular weight excluding hydrogens is 200 g/mol. The lowest BCUT2D eigenvalue weighted by atomic mass is 9.85. The molecule has 3 heteroatoms. The Morgan fingerprint density at radius 2 is 2.06 bits per heavy atom. The van der Waals surface area contributed by atoms with Crippen molar-refractivity contribution in [1.29, 1.82) is 0 Å². The maximum Gasteiger partial charge on any atom is 0.0636 e. The molecule has 94 valence electrons. The summed E-state index contributed by atoms with van der Waals surface area (Å²) in [6.07, 6.45) is 6.46. The average Bonchev–Trinajstić information content (AvgIpc) is 2.29. The van der Waals surface area contributed by atoms with Crippen molar-refractivity contribution in [2.45, 2.75) is 57.2 Å². The van der Waals surface area contributed by atoms with Crippen molar-refractivity contribution in [2.75, 3.05) is 20.3 Å². The second kappa shape index (κ2) is 5.48. The van der Waals surface area contributed by atoms with Crippen molar-refractivity contribution in [1.82, 2.24) is 4.90 Å². The van der Waals surface area contributed by atoms with Crippen molar-refractivity contribution < 1.29 is 4.74 Å². The summed E-state index contributed by atoms with van der Waals surface area (Å²) < 4.78 is 5.57. The Balaban J connectivity index is 1.91. The molecule has 1 heterocycles. The molecule has 0 aromatic heterocycles. The molecule has 2 fully saturated rings. The minimum absolute atomic E-state index is 0.302. The molecule has 2 rings (SSSR count). The molecule has 1 saturated carbocycles. The predicted molar refractivity (Wildman–Crippen MR) is 66.4 cm³/mol. The van der Waals surface area contributed by atoms with Gasteiger partial charge in [-0.1, -0.05) is 19.8 Å². The van der Waals surface area contributed by atoms with E-state index in [2.05, 4.69) is 18.9 Å². The van der Waals surface area contributed by atoms with E-state index in [0.717, 1.165) is 31.6 Å². The van der Waals surface area contributed by atoms with Crippen LogP contribution in [0.15, 0.2) is 0 Å². The molecule has 16 heavy (non-hydrogen) atoms. The Morgan fingerprint density at radius 3 is 2.75 bits per heavy atom. The summed E-state index contributed by atoms with van der Waals surface area (Å²) in [5.74, 6) is 0.877. The standard InChI is InChI=1S/C13H26N2O/c1-10-4-3-5-11(8-10)15(2)13-9-16-7-6-12(13)14/h10-13H,3-9,14H2,1-2H3. The topological polar surface area (TPSA) is 38.5 Å². The highest BCUT2D eigenvalue weighted by atomic mass is 16.5. The second-order valence-corrected chi connectivity index (χ2v) is 5.69. The molecule has 0 spiro atoms. The van der Waals surface area contributed by atoms with Gasteiger partial charge in [0.05, 0.1) is 6.61 Å². The lowest BCUT2D eigenvalue weighted by molar-refractivity contribution is -0.00896. The fourth-order valence-corrected chi connectivity index (χ4v) is 3.20. The summed E-state index contributed by atoms with van der Waals surface area (Å²) >= 11 is 0. The molecular formula is C13H26N2O. The van der Waals surface area contributed by atoms with Gasteiger partial charge in [-0.15, -0.1) is 0 Å². The lowest BCUT2D eigenvalue weighted by Crippen LogP contribution is -2.55. The smallest absolute Gasteiger partial charge is 0.0636 e. The summed E-state index contributed by atoms with van der Waals surface area (Å²) in [7, 11) is 2.24. The molecule has 0 bridgehead atoms. The Kier molecular flexibility index (Phi) is 4.22. The van der Waals surface area contributed by atoms with Crippen LogP contribution in [0.3, 0.4) is 0 Å². The van der Waals surface area contributed by atoms with E-state index in [0.29, 0.717) is 12.1 Å². The molecule has 3 nitrogen and oxygen atoms in total. The first-order chi connectivity index (χ1) is 7.68. The highest BCUT2D eigenvalue weighted by Crippen LogP contribution is 2.28. The maximum atomic E-state index is 6.20. The van der Waals surface area contributed by atoms with Gasteiger partial charge in [-0.3, -0.25) is 4.90 Å². The Morgan fingerprint density at radius 1 is 1.25 bits per heavy atom. The number of nitrogens with two attached hydrogens (primary N) is 1. The summed E-state index contributed by atoms with van der Waals surface area (Å²) in [5, 5.41) is 0. The molecule has 4 unspecified atom stereocenters. The first-order valence-corrected chi connectivity index (χ1v) is 6.73. The number of hydrogen-bond donors (Lipinski definition) is 1. The number of nitrogens with zero attached hydrogens (tertiary/aromatic N) is 1. The Labute approximate surface area is 99.3 Å². The van der Waals surface area contributed by atoms with E-state index in [1.54, 1.807) is 0 Å². The third-order valence-corrected chi connectivity index (χ3v) is 4.39. The van der Waals surface area contributed by atoms with Gasteiger partial charge in [0.15, 0.2) is 0 Å². The van der Waals surface area contributed by atoms with E-state index in [1.165, 1.54) is 25.7 Å². The first kappa shape index (κ1) is 12.3. The molecule has 2 N–H and O–H groups in total. The van der Waals surface area contributed by atoms with Gasteiger partial charge in [0.2, 0.25) is 0 Å². The molecule has 1 aliphatic carbocycles. The lowest BCUT2D eigenvalue weighted by Gasteiger charge is -2.42. The van der Waals surface area contributed by atoms with E-state index in [-0.39, 0.29) is 0 Å². The summed E-state index contributed by atoms with van der Waals surface area (Å²) in [5.41, 5.74) is 6.20. The second-order valence-electron chi connectivity index (χ2n) is 5.69. The highest BCUT2D eigenvalue weighted by molar-refractivity contribution is 4.88. The van der Waals surface area contributed by atoms with Crippen molar-refractivity contribution in [3.05, 3.63) is 0 Å². The van der Waals surface area contributed by atoms with Crippen LogP contribution in [-0.4, -0.2) is 43.3 Å². The summed E-state index contributed by atoms with van der Waals surface area (Å²) in [6.45, 7) is 4.03. The Bertz CT molecular complexity index is 222. The molecule has 0 aromatic carbocycles.